The Hall–Kier alpha value is -3.08. The van der Waals surface area contributed by atoms with E-state index in [9.17, 15) is 33.7 Å². The maximum atomic E-state index is 13.1. The number of thioether (sulfide) groups is 1. The molecule has 0 radical (unpaired) electrons. The van der Waals surface area contributed by atoms with E-state index in [2.05, 4.69) is 42.7 Å². The summed E-state index contributed by atoms with van der Waals surface area (Å²) in [4.78, 5) is 57.7. The average molecular weight is 889 g/mol. The summed E-state index contributed by atoms with van der Waals surface area (Å²) in [6.07, 6.45) is 32.2. The molecule has 8 N–H and O–H groups in total. The third-order valence-corrected chi connectivity index (χ3v) is 11.1. The zero-order valence-electron chi connectivity index (χ0n) is 35.7. The number of aliphatic hydroxyl groups excluding tert-OH is 1. The van der Waals surface area contributed by atoms with Crippen LogP contribution in [-0.4, -0.2) is 99.2 Å². The highest BCUT2D eigenvalue weighted by Gasteiger charge is 2.30. The molecule has 15 nitrogen and oxygen atoms in total. The van der Waals surface area contributed by atoms with Crippen molar-refractivity contribution in [1.82, 2.24) is 0 Å². The number of allylic oxidation sites excluding steroid dienone is 9. The van der Waals surface area contributed by atoms with Gasteiger partial charge in [-0.3, -0.25) is 28.2 Å². The minimum Gasteiger partial charge on any atom is -0.481 e. The molecule has 0 aromatic rings. The molecule has 0 aliphatic rings. The Morgan fingerprint density at radius 2 is 1.32 bits per heavy atom. The molecule has 0 amide bonds. The Morgan fingerprint density at radius 1 is 0.700 bits per heavy atom. The lowest BCUT2D eigenvalue weighted by molar-refractivity contribution is -0.161. The van der Waals surface area contributed by atoms with Crippen molar-refractivity contribution >= 4 is 43.5 Å². The number of phosphoric acid groups is 1. The van der Waals surface area contributed by atoms with Crippen LogP contribution in [0.3, 0.4) is 0 Å². The molecule has 0 heterocycles. The van der Waals surface area contributed by atoms with Crippen LogP contribution in [0, 0.1) is 0 Å². The van der Waals surface area contributed by atoms with E-state index in [4.69, 9.17) is 35.7 Å². The number of aliphatic hydroxyl groups is 1. The number of carboxylic acids is 2. The van der Waals surface area contributed by atoms with Crippen molar-refractivity contribution in [2.24, 2.45) is 11.5 Å². The molecule has 0 spiro atoms. The van der Waals surface area contributed by atoms with Gasteiger partial charge in [0.15, 0.2) is 6.10 Å². The van der Waals surface area contributed by atoms with Gasteiger partial charge in [0.1, 0.15) is 18.7 Å². The molecule has 6 atom stereocenters. The molecule has 0 aromatic carbocycles. The Morgan fingerprint density at radius 3 is 2.00 bits per heavy atom. The summed E-state index contributed by atoms with van der Waals surface area (Å²) in [6.45, 7) is 2.18. The molecule has 60 heavy (non-hydrogen) atoms. The van der Waals surface area contributed by atoms with Crippen molar-refractivity contribution in [2.75, 3.05) is 25.6 Å². The van der Waals surface area contributed by atoms with Gasteiger partial charge in [0.25, 0.3) is 0 Å². The summed E-state index contributed by atoms with van der Waals surface area (Å²) < 4.78 is 32.7. The second kappa shape index (κ2) is 37.7. The molecular formula is C43H73N2O13PS. The van der Waals surface area contributed by atoms with Crippen LogP contribution in [-0.2, 0) is 42.3 Å². The first kappa shape index (κ1) is 56.9. The number of ether oxygens (including phenoxy) is 2. The van der Waals surface area contributed by atoms with Crippen molar-refractivity contribution < 1.29 is 62.5 Å². The van der Waals surface area contributed by atoms with Crippen LogP contribution in [0.2, 0.25) is 0 Å². The van der Waals surface area contributed by atoms with Crippen molar-refractivity contribution in [3.8, 4) is 0 Å². The molecule has 344 valence electrons. The molecule has 1 unspecified atom stereocenters. The van der Waals surface area contributed by atoms with Gasteiger partial charge in [0, 0.05) is 23.8 Å². The van der Waals surface area contributed by atoms with E-state index in [1.807, 2.05) is 18.2 Å². The fourth-order valence-corrected chi connectivity index (χ4v) is 7.08. The van der Waals surface area contributed by atoms with Gasteiger partial charge in [-0.2, -0.15) is 0 Å². The topological polar surface area (TPSA) is 255 Å². The normalized spacial score (nSPS) is 15.8. The molecular weight excluding hydrogens is 816 g/mol. The summed E-state index contributed by atoms with van der Waals surface area (Å²) in [6, 6.07) is -2.87. The molecule has 0 aromatic heterocycles. The Bertz CT molecular complexity index is 1370. The van der Waals surface area contributed by atoms with E-state index >= 15 is 0 Å². The van der Waals surface area contributed by atoms with Crippen LogP contribution >= 0.6 is 19.6 Å². The smallest absolute Gasteiger partial charge is 0.472 e. The zero-order chi connectivity index (χ0) is 44.9. The number of phosphoric ester groups is 1. The van der Waals surface area contributed by atoms with E-state index in [0.717, 1.165) is 63.1 Å². The number of aliphatic carboxylic acids is 2. The van der Waals surface area contributed by atoms with E-state index in [1.165, 1.54) is 32.1 Å². The van der Waals surface area contributed by atoms with Crippen molar-refractivity contribution in [1.29, 1.82) is 0 Å². The van der Waals surface area contributed by atoms with E-state index < -0.39 is 81.1 Å². The molecule has 0 rings (SSSR count). The van der Waals surface area contributed by atoms with Crippen molar-refractivity contribution in [2.45, 2.75) is 159 Å². The van der Waals surface area contributed by atoms with Gasteiger partial charge in [-0.25, -0.2) is 4.57 Å². The maximum Gasteiger partial charge on any atom is 0.472 e. The predicted molar refractivity (Wildman–Crippen MR) is 236 cm³/mol. The number of carbonyl (C=O) groups is 4. The highest BCUT2D eigenvalue weighted by Crippen LogP contribution is 2.43. The first-order valence-electron chi connectivity index (χ1n) is 21.3. The number of esters is 2. The molecule has 0 bridgehead atoms. The molecule has 0 aliphatic heterocycles. The Labute approximate surface area is 361 Å². The van der Waals surface area contributed by atoms with Gasteiger partial charge in [0.05, 0.1) is 19.3 Å². The number of carboxylic acid groups (broad SMARTS) is 2. The first-order chi connectivity index (χ1) is 28.7. The highest BCUT2D eigenvalue weighted by atomic mass is 32.2. The fourth-order valence-electron chi connectivity index (χ4n) is 5.17. The fraction of sp³-hybridized carbons (Fsp3) is 0.674. The number of hydrogen-bond donors (Lipinski definition) is 6. The van der Waals surface area contributed by atoms with E-state index in [1.54, 1.807) is 18.2 Å². The minimum atomic E-state index is -4.88. The summed E-state index contributed by atoms with van der Waals surface area (Å²) in [5.41, 5.74) is 11.5. The van der Waals surface area contributed by atoms with Gasteiger partial charge in [-0.05, 0) is 57.8 Å². The standard InChI is InChI=1S/C43H73N2O13PS/c1-3-5-7-9-11-13-15-17-18-20-22-24-28-39(38(46)27-26-29-40(47)48)60-34-37(45)43(52)58-35(32-56-59(53,54)57-33-36(44)42(50)51)31-55-41(49)30-25-23-21-19-16-14-12-10-8-6-4-2/h10-13,17-18,20,22,24,28,35-39,46H,3-9,14-16,19,21,23,25-27,29-34,44-45H2,1-2H3,(H,47,48)(H,50,51)(H,53,54)/b12-10-,13-11-,18-17-,22-20+,28-24+/t35-,36+,37+,38+,39-/m1/s1. The number of nitrogens with two attached hydrogens (primary N) is 2. The van der Waals surface area contributed by atoms with Gasteiger partial charge < -0.3 is 41.2 Å². The zero-order valence-corrected chi connectivity index (χ0v) is 37.4. The van der Waals surface area contributed by atoms with Crippen LogP contribution < -0.4 is 11.5 Å². The SMILES string of the molecule is CCCC/C=C\CCCCCCCC(=O)OC[C@H](COP(=O)(O)OC[C@H](N)C(=O)O)OC(=O)[C@@H](N)CS[C@H](/C=C/C=C/C=C\C/C=C\CCCCC)[C@@H](O)CCCC(=O)O. The molecule has 17 heteroatoms. The summed E-state index contributed by atoms with van der Waals surface area (Å²) >= 11 is 1.15. The van der Waals surface area contributed by atoms with Crippen LogP contribution in [0.4, 0.5) is 0 Å². The second-order valence-electron chi connectivity index (χ2n) is 14.3. The van der Waals surface area contributed by atoms with Crippen LogP contribution in [0.15, 0.2) is 60.8 Å². The van der Waals surface area contributed by atoms with Gasteiger partial charge in [0.2, 0.25) is 0 Å². The monoisotopic (exact) mass is 888 g/mol. The van der Waals surface area contributed by atoms with E-state index in [-0.39, 0.29) is 31.4 Å². The maximum absolute atomic E-state index is 13.1. The second-order valence-corrected chi connectivity index (χ2v) is 17.0. The highest BCUT2D eigenvalue weighted by molar-refractivity contribution is 8.00. The van der Waals surface area contributed by atoms with Crippen molar-refractivity contribution in [3.63, 3.8) is 0 Å². The summed E-state index contributed by atoms with van der Waals surface area (Å²) in [7, 11) is -4.88. The predicted octanol–water partition coefficient (Wildman–Crippen LogP) is 7.70. The van der Waals surface area contributed by atoms with Crippen molar-refractivity contribution in [3.05, 3.63) is 60.8 Å². The Kier molecular flexibility index (Phi) is 35.7. The Balaban J connectivity index is 5.40. The lowest BCUT2D eigenvalue weighted by Gasteiger charge is -2.23. The lowest BCUT2D eigenvalue weighted by Crippen LogP contribution is -2.40. The van der Waals surface area contributed by atoms with Gasteiger partial charge in [-0.15, -0.1) is 11.8 Å². The van der Waals surface area contributed by atoms with Crippen LogP contribution in [0.25, 0.3) is 0 Å². The molecule has 0 saturated heterocycles. The number of unbranched alkanes of at least 4 members (excludes halogenated alkanes) is 10. The lowest BCUT2D eigenvalue weighted by atomic mass is 10.1. The number of rotatable bonds is 39. The van der Waals surface area contributed by atoms with Crippen LogP contribution in [0.5, 0.6) is 0 Å². The van der Waals surface area contributed by atoms with Crippen LogP contribution in [0.1, 0.15) is 129 Å². The van der Waals surface area contributed by atoms with Gasteiger partial charge in [-0.1, -0.05) is 120 Å². The first-order valence-corrected chi connectivity index (χ1v) is 23.8. The average Bonchev–Trinajstić information content (AvgIpc) is 3.21. The molecule has 0 saturated carbocycles. The summed E-state index contributed by atoms with van der Waals surface area (Å²) in [5.74, 6) is -4.03. The van der Waals surface area contributed by atoms with Gasteiger partial charge >= 0.3 is 31.7 Å². The van der Waals surface area contributed by atoms with E-state index in [0.29, 0.717) is 6.42 Å². The quantitative estimate of drug-likeness (QED) is 0.0114. The molecule has 0 fully saturated rings. The summed E-state index contributed by atoms with van der Waals surface area (Å²) in [5, 5.41) is 28.3. The number of carbonyl (C=O) groups excluding carboxylic acids is 2. The number of hydrogen-bond acceptors (Lipinski definition) is 13. The third-order valence-electron chi connectivity index (χ3n) is 8.74. The third kappa shape index (κ3) is 34.6. The largest absolute Gasteiger partial charge is 0.481 e. The minimum absolute atomic E-state index is 0.0464. The molecule has 0 aliphatic carbocycles.